The number of halogens is 2. The van der Waals surface area contributed by atoms with Crippen LogP contribution in [-0.4, -0.2) is 45.3 Å². The lowest BCUT2D eigenvalue weighted by Gasteiger charge is -2.02. The molecule has 0 fully saturated rings. The van der Waals surface area contributed by atoms with E-state index in [0.717, 1.165) is 20.9 Å². The summed E-state index contributed by atoms with van der Waals surface area (Å²) in [5, 5.41) is 13.1. The van der Waals surface area contributed by atoms with Crippen molar-refractivity contribution in [3.63, 3.8) is 0 Å². The van der Waals surface area contributed by atoms with Gasteiger partial charge in [-0.2, -0.15) is 5.90 Å². The lowest BCUT2D eigenvalue weighted by atomic mass is 10.1. The Morgan fingerprint density at radius 2 is 1.85 bits per heavy atom. The molecule has 0 amide bonds. The van der Waals surface area contributed by atoms with Crippen LogP contribution in [-0.2, 0) is 9.63 Å². The number of non-ortho nitro benzene ring substituents is 1. The number of nitro benzene ring substituents is 1. The van der Waals surface area contributed by atoms with Crippen molar-refractivity contribution >= 4 is 54.8 Å². The van der Waals surface area contributed by atoms with Crippen molar-refractivity contribution in [1.82, 2.24) is 14.5 Å². The Hall–Kier alpha value is -3.81. The van der Waals surface area contributed by atoms with Gasteiger partial charge in [-0.1, -0.05) is 36.9 Å². The third kappa shape index (κ3) is 11.2. The van der Waals surface area contributed by atoms with Gasteiger partial charge in [0.1, 0.15) is 5.52 Å². The number of hydrogen-bond acceptors (Lipinski definition) is 8. The van der Waals surface area contributed by atoms with Gasteiger partial charge in [-0.15, -0.1) is 0 Å². The monoisotopic (exact) mass is 670 g/mol. The molecule has 0 saturated heterocycles. The maximum absolute atomic E-state index is 11.5. The second kappa shape index (κ2) is 16.9. The van der Waals surface area contributed by atoms with Crippen LogP contribution in [0.4, 0.5) is 5.69 Å². The van der Waals surface area contributed by atoms with Gasteiger partial charge in [0.15, 0.2) is 5.78 Å². The smallest absolute Gasteiger partial charge is 0.356 e. The van der Waals surface area contributed by atoms with Crippen molar-refractivity contribution in [2.24, 2.45) is 5.90 Å². The second-order valence-electron chi connectivity index (χ2n) is 7.56. The molecule has 0 radical (unpaired) electrons. The summed E-state index contributed by atoms with van der Waals surface area (Å²) in [4.78, 5) is 48.8. The molecule has 0 unspecified atom stereocenters. The number of carbonyl (C=O) groups is 2. The van der Waals surface area contributed by atoms with Crippen LogP contribution in [0, 0.1) is 10.1 Å². The SMILES string of the molecule is C.C.CN(C)/C=C/C(=O)C1=CC(Br)=CC1.NOC(=O)c1ccc([N+](=O)[O-])cc1.O=c1cc[nH]n2cc(Br)cc12.[2HH]. The molecular weight excluding hydrogens is 638 g/mol. The quantitative estimate of drug-likeness (QED) is 0.197. The van der Waals surface area contributed by atoms with Crippen molar-refractivity contribution in [3.8, 4) is 0 Å². The highest BCUT2D eigenvalue weighted by Gasteiger charge is 2.10. The summed E-state index contributed by atoms with van der Waals surface area (Å²) in [6.07, 6.45) is 11.3. The van der Waals surface area contributed by atoms with Crippen LogP contribution in [0.25, 0.3) is 5.52 Å². The van der Waals surface area contributed by atoms with Crippen molar-refractivity contribution in [2.45, 2.75) is 21.3 Å². The summed E-state index contributed by atoms with van der Waals surface area (Å²) in [7, 11) is 3.78. The van der Waals surface area contributed by atoms with Crippen molar-refractivity contribution in [2.75, 3.05) is 14.1 Å². The van der Waals surface area contributed by atoms with Gasteiger partial charge in [-0.25, -0.2) is 4.79 Å². The Balaban J connectivity index is 0. The van der Waals surface area contributed by atoms with E-state index in [1.54, 1.807) is 35.3 Å². The Morgan fingerprint density at radius 1 is 1.21 bits per heavy atom. The first-order valence-corrected chi connectivity index (χ1v) is 12.1. The van der Waals surface area contributed by atoms with Crippen LogP contribution in [0.5, 0.6) is 0 Å². The summed E-state index contributed by atoms with van der Waals surface area (Å²) < 4.78 is 3.57. The number of carbonyl (C=O) groups excluding carboxylic acids is 2. The highest BCUT2D eigenvalue weighted by atomic mass is 79.9. The molecule has 1 aliphatic rings. The van der Waals surface area contributed by atoms with Crippen LogP contribution >= 0.6 is 31.9 Å². The molecule has 0 bridgehead atoms. The van der Waals surface area contributed by atoms with Crippen LogP contribution in [0.2, 0.25) is 0 Å². The minimum atomic E-state index is -0.727. The molecule has 11 nitrogen and oxygen atoms in total. The number of allylic oxidation sites excluding steroid dienone is 5. The molecule has 212 valence electrons. The van der Waals surface area contributed by atoms with Gasteiger partial charge in [0, 0.05) is 72.9 Å². The highest BCUT2D eigenvalue weighted by molar-refractivity contribution is 9.12. The highest BCUT2D eigenvalue weighted by Crippen LogP contribution is 2.22. The molecule has 0 saturated carbocycles. The zero-order valence-electron chi connectivity index (χ0n) is 19.8. The molecule has 2 aromatic heterocycles. The van der Waals surface area contributed by atoms with E-state index in [1.807, 2.05) is 31.1 Å². The van der Waals surface area contributed by atoms with Gasteiger partial charge >= 0.3 is 5.97 Å². The number of benzene rings is 1. The average molecular weight is 672 g/mol. The Labute approximate surface area is 244 Å². The van der Waals surface area contributed by atoms with E-state index in [9.17, 15) is 24.5 Å². The number of nitrogens with one attached hydrogen (secondary N) is 1. The third-order valence-electron chi connectivity index (χ3n) is 4.58. The maximum atomic E-state index is 11.5. The Morgan fingerprint density at radius 3 is 2.33 bits per heavy atom. The molecule has 3 N–H and O–H groups in total. The fourth-order valence-corrected chi connectivity index (χ4v) is 3.64. The zero-order chi connectivity index (χ0) is 27.5. The first-order valence-electron chi connectivity index (χ1n) is 10.5. The normalized spacial score (nSPS) is 11.4. The fraction of sp³-hybridized carbons (Fsp3) is 0.192. The van der Waals surface area contributed by atoms with E-state index >= 15 is 0 Å². The molecule has 3 aromatic rings. The predicted octanol–water partition coefficient (Wildman–Crippen LogP) is 5.77. The lowest BCUT2D eigenvalue weighted by molar-refractivity contribution is -0.384. The molecule has 0 spiro atoms. The zero-order valence-corrected chi connectivity index (χ0v) is 22.9. The number of nitro groups is 1. The first kappa shape index (κ1) is 35.2. The van der Waals surface area contributed by atoms with Gasteiger partial charge in [0.25, 0.3) is 5.69 Å². The van der Waals surface area contributed by atoms with Gasteiger partial charge in [-0.3, -0.25) is 24.2 Å². The van der Waals surface area contributed by atoms with E-state index in [0.29, 0.717) is 5.52 Å². The molecule has 1 aromatic carbocycles. The number of fused-ring (bicyclic) bond motifs is 1. The standard InChI is InChI=1S/C10H12BrNO.C7H5BrN2O.C7H6N2O4.2CH4.H2/c1-12(2)6-5-10(13)8-3-4-9(11)7-8;8-5-3-6-7(11)1-2-9-10(6)4-5;8-13-7(10)5-1-3-6(4-2-5)9(11)12;;;/h4-7H,3H2,1-2H3;1-4,9H;1-4H,8H2;2*1H4;1H/b6-5+;;;;;/i;;;;;1+1. The van der Waals surface area contributed by atoms with Crippen molar-refractivity contribution in [1.29, 1.82) is 0 Å². The van der Waals surface area contributed by atoms with Gasteiger partial charge < -0.3 is 14.8 Å². The summed E-state index contributed by atoms with van der Waals surface area (Å²) >= 11 is 6.60. The molecule has 2 heterocycles. The first-order chi connectivity index (χ1) is 17.5. The Bertz CT molecular complexity index is 1430. The summed E-state index contributed by atoms with van der Waals surface area (Å²) in [5.41, 5.74) is 1.60. The number of aromatic nitrogens is 2. The van der Waals surface area contributed by atoms with E-state index in [1.165, 1.54) is 30.3 Å². The van der Waals surface area contributed by atoms with Crippen molar-refractivity contribution < 1.29 is 20.8 Å². The predicted molar refractivity (Wildman–Crippen MR) is 162 cm³/mol. The van der Waals surface area contributed by atoms with E-state index in [-0.39, 0.29) is 38.7 Å². The second-order valence-corrected chi connectivity index (χ2v) is 9.39. The number of nitrogens with two attached hydrogens (primary N) is 1. The van der Waals surface area contributed by atoms with Crippen LogP contribution < -0.4 is 11.3 Å². The summed E-state index contributed by atoms with van der Waals surface area (Å²) in [6.45, 7) is 0. The number of H-pyrrole nitrogens is 1. The maximum Gasteiger partial charge on any atom is 0.356 e. The fourth-order valence-electron chi connectivity index (χ4n) is 2.78. The molecule has 1 aliphatic carbocycles. The number of rotatable bonds is 5. The average Bonchev–Trinajstić information content (AvgIpc) is 3.48. The van der Waals surface area contributed by atoms with Gasteiger partial charge in [-0.05, 0) is 46.6 Å². The van der Waals surface area contributed by atoms with E-state index in [4.69, 9.17) is 0 Å². The third-order valence-corrected chi connectivity index (χ3v) is 5.56. The molecule has 4 rings (SSSR count). The van der Waals surface area contributed by atoms with Gasteiger partial charge in [0.2, 0.25) is 5.43 Å². The Kier molecular flexibility index (Phi) is 15.3. The number of aromatic amines is 1. The minimum Gasteiger partial charge on any atom is -0.383 e. The van der Waals surface area contributed by atoms with Crippen LogP contribution in [0.3, 0.4) is 0 Å². The molecule has 0 aliphatic heterocycles. The minimum absolute atomic E-state index is 0. The summed E-state index contributed by atoms with van der Waals surface area (Å²) in [5.74, 6) is 3.97. The van der Waals surface area contributed by atoms with E-state index in [2.05, 4.69) is 47.7 Å². The number of hydrogen-bond donors (Lipinski definition) is 2. The van der Waals surface area contributed by atoms with Gasteiger partial charge in [0.05, 0.1) is 10.5 Å². The largest absolute Gasteiger partial charge is 0.383 e. The summed E-state index contributed by atoms with van der Waals surface area (Å²) in [6, 6.07) is 8.22. The lowest BCUT2D eigenvalue weighted by Crippen LogP contribution is -2.09. The molecular formula is C26H33Br2N5O6. The van der Waals surface area contributed by atoms with Crippen molar-refractivity contribution in [3.05, 3.63) is 114 Å². The number of ketones is 1. The molecule has 13 heteroatoms. The molecule has 39 heavy (non-hydrogen) atoms. The number of nitrogens with zero attached hydrogens (tertiary/aromatic N) is 3. The molecule has 0 atom stereocenters. The topological polar surface area (TPSA) is 153 Å². The van der Waals surface area contributed by atoms with Crippen LogP contribution in [0.15, 0.2) is 92.5 Å². The van der Waals surface area contributed by atoms with E-state index < -0.39 is 10.9 Å². The van der Waals surface area contributed by atoms with Crippen LogP contribution in [0.1, 0.15) is 33.1 Å².